The van der Waals surface area contributed by atoms with E-state index in [1.807, 2.05) is 27.7 Å². The van der Waals surface area contributed by atoms with Crippen molar-refractivity contribution < 1.29 is 9.47 Å². The van der Waals surface area contributed by atoms with Crippen LogP contribution in [0.1, 0.15) is 33.4 Å². The fraction of sp³-hybridized carbons (Fsp3) is 0.278. The highest BCUT2D eigenvalue weighted by Crippen LogP contribution is 2.24. The van der Waals surface area contributed by atoms with Crippen LogP contribution in [0.3, 0.4) is 0 Å². The van der Waals surface area contributed by atoms with E-state index in [4.69, 9.17) is 15.2 Å². The van der Waals surface area contributed by atoms with E-state index in [0.29, 0.717) is 28.6 Å². The number of nitrogens with two attached hydrogens (primary N) is 1. The first kappa shape index (κ1) is 19.5. The predicted octanol–water partition coefficient (Wildman–Crippen LogP) is 5.13. The summed E-state index contributed by atoms with van der Waals surface area (Å²) in [6.07, 6.45) is 1.65. The standard InChI is InChI=1S/C14H14N2O2.2C2H6/c1-10(17-2)14-9-13(7-8-16-14)18-12-5-3-11(15)4-6-12;2*1-2/h3-9H,1,15H2,2H3;2*1-2H3. The summed E-state index contributed by atoms with van der Waals surface area (Å²) in [5.74, 6) is 1.88. The quantitative estimate of drug-likeness (QED) is 0.628. The molecule has 0 amide bonds. The maximum atomic E-state index is 5.68. The lowest BCUT2D eigenvalue weighted by Crippen LogP contribution is -1.92. The zero-order chi connectivity index (χ0) is 17.0. The Hall–Kier alpha value is -2.49. The van der Waals surface area contributed by atoms with Gasteiger partial charge in [0.15, 0.2) is 0 Å². The fourth-order valence-electron chi connectivity index (χ4n) is 1.40. The molecule has 0 aliphatic heterocycles. The Labute approximate surface area is 133 Å². The van der Waals surface area contributed by atoms with E-state index in [9.17, 15) is 0 Å². The molecule has 0 radical (unpaired) electrons. The van der Waals surface area contributed by atoms with Crippen LogP contribution in [0, 0.1) is 0 Å². The Morgan fingerprint density at radius 3 is 2.14 bits per heavy atom. The molecule has 4 heteroatoms. The summed E-state index contributed by atoms with van der Waals surface area (Å²) in [6.45, 7) is 11.7. The van der Waals surface area contributed by atoms with Crippen LogP contribution in [0.25, 0.3) is 5.76 Å². The molecule has 2 rings (SSSR count). The van der Waals surface area contributed by atoms with E-state index in [0.717, 1.165) is 0 Å². The minimum absolute atomic E-state index is 0.498. The molecule has 0 atom stereocenters. The summed E-state index contributed by atoms with van der Waals surface area (Å²) in [5.41, 5.74) is 6.95. The highest BCUT2D eigenvalue weighted by atomic mass is 16.5. The molecule has 2 N–H and O–H groups in total. The van der Waals surface area contributed by atoms with Gasteiger partial charge in [-0.3, -0.25) is 4.98 Å². The number of methoxy groups -OCH3 is 1. The van der Waals surface area contributed by atoms with E-state index in [-0.39, 0.29) is 0 Å². The van der Waals surface area contributed by atoms with Gasteiger partial charge in [-0.1, -0.05) is 34.3 Å². The highest BCUT2D eigenvalue weighted by Gasteiger charge is 2.03. The molecule has 0 aliphatic rings. The molecule has 0 saturated carbocycles. The first-order chi connectivity index (χ1) is 10.7. The van der Waals surface area contributed by atoms with Crippen LogP contribution in [-0.4, -0.2) is 12.1 Å². The lowest BCUT2D eigenvalue weighted by Gasteiger charge is -2.08. The van der Waals surface area contributed by atoms with Crippen molar-refractivity contribution in [2.24, 2.45) is 0 Å². The number of hydrogen-bond donors (Lipinski definition) is 1. The monoisotopic (exact) mass is 302 g/mol. The van der Waals surface area contributed by atoms with Crippen molar-refractivity contribution in [1.29, 1.82) is 0 Å². The zero-order valence-corrected chi connectivity index (χ0v) is 14.1. The van der Waals surface area contributed by atoms with Crippen LogP contribution in [0.2, 0.25) is 0 Å². The normalized spacial score (nSPS) is 8.59. The van der Waals surface area contributed by atoms with Gasteiger partial charge in [-0.25, -0.2) is 0 Å². The Morgan fingerprint density at radius 1 is 1.00 bits per heavy atom. The van der Waals surface area contributed by atoms with Crippen molar-refractivity contribution >= 4 is 11.4 Å². The van der Waals surface area contributed by atoms with Crippen molar-refractivity contribution in [3.63, 3.8) is 0 Å². The van der Waals surface area contributed by atoms with E-state index in [1.54, 1.807) is 49.7 Å². The first-order valence-electron chi connectivity index (χ1n) is 7.42. The predicted molar refractivity (Wildman–Crippen MR) is 93.9 cm³/mol. The van der Waals surface area contributed by atoms with E-state index in [2.05, 4.69) is 11.6 Å². The summed E-state index contributed by atoms with van der Waals surface area (Å²) in [4.78, 5) is 4.14. The van der Waals surface area contributed by atoms with Crippen molar-refractivity contribution in [2.45, 2.75) is 27.7 Å². The van der Waals surface area contributed by atoms with Gasteiger partial charge in [0.05, 0.1) is 7.11 Å². The van der Waals surface area contributed by atoms with Crippen LogP contribution in [0.5, 0.6) is 11.5 Å². The number of anilines is 1. The molecule has 1 heterocycles. The maximum absolute atomic E-state index is 5.68. The van der Waals surface area contributed by atoms with Gasteiger partial charge >= 0.3 is 0 Å². The van der Waals surface area contributed by atoms with Crippen molar-refractivity contribution in [1.82, 2.24) is 4.98 Å². The molecule has 0 fully saturated rings. The van der Waals surface area contributed by atoms with E-state index in [1.165, 1.54) is 0 Å². The van der Waals surface area contributed by atoms with Gasteiger partial charge < -0.3 is 15.2 Å². The number of aromatic nitrogens is 1. The Morgan fingerprint density at radius 2 is 1.59 bits per heavy atom. The number of nitrogen functional groups attached to an aromatic ring is 1. The molecule has 1 aromatic heterocycles. The van der Waals surface area contributed by atoms with Crippen LogP contribution in [0.4, 0.5) is 5.69 Å². The second kappa shape index (κ2) is 11.2. The van der Waals surface area contributed by atoms with Crippen LogP contribution in [-0.2, 0) is 4.74 Å². The van der Waals surface area contributed by atoms with Crippen molar-refractivity contribution in [3.05, 3.63) is 54.9 Å². The molecular formula is C18H26N2O2. The average molecular weight is 302 g/mol. The number of ether oxygens (including phenoxy) is 2. The molecule has 0 aliphatic carbocycles. The number of rotatable bonds is 4. The topological polar surface area (TPSA) is 57.4 Å². The van der Waals surface area contributed by atoms with E-state index >= 15 is 0 Å². The average Bonchev–Trinajstić information content (AvgIpc) is 2.60. The third-order valence-electron chi connectivity index (χ3n) is 2.38. The van der Waals surface area contributed by atoms with Crippen LogP contribution < -0.4 is 10.5 Å². The first-order valence-corrected chi connectivity index (χ1v) is 7.42. The zero-order valence-electron chi connectivity index (χ0n) is 14.1. The summed E-state index contributed by atoms with van der Waals surface area (Å²) in [7, 11) is 1.55. The Kier molecular flexibility index (Phi) is 9.93. The minimum Gasteiger partial charge on any atom is -0.495 e. The van der Waals surface area contributed by atoms with Gasteiger partial charge in [0.2, 0.25) is 0 Å². The molecule has 0 spiro atoms. The van der Waals surface area contributed by atoms with Crippen molar-refractivity contribution in [2.75, 3.05) is 12.8 Å². The highest BCUT2D eigenvalue weighted by molar-refractivity contribution is 5.55. The molecular weight excluding hydrogens is 276 g/mol. The minimum atomic E-state index is 0.498. The molecule has 4 nitrogen and oxygen atoms in total. The molecule has 2 aromatic rings. The number of hydrogen-bond acceptors (Lipinski definition) is 4. The third kappa shape index (κ3) is 6.31. The summed E-state index contributed by atoms with van der Waals surface area (Å²) in [5, 5.41) is 0. The number of nitrogens with zero attached hydrogens (tertiary/aromatic N) is 1. The SMILES string of the molecule is C=C(OC)c1cc(Oc2ccc(N)cc2)ccn1.CC.CC. The smallest absolute Gasteiger partial charge is 0.137 e. The van der Waals surface area contributed by atoms with Gasteiger partial charge in [-0.05, 0) is 30.3 Å². The third-order valence-corrected chi connectivity index (χ3v) is 2.38. The maximum Gasteiger partial charge on any atom is 0.137 e. The molecule has 120 valence electrons. The lowest BCUT2D eigenvalue weighted by atomic mass is 10.3. The van der Waals surface area contributed by atoms with Crippen LogP contribution in [0.15, 0.2) is 49.2 Å². The summed E-state index contributed by atoms with van der Waals surface area (Å²) < 4.78 is 10.7. The van der Waals surface area contributed by atoms with Gasteiger partial charge in [-0.15, -0.1) is 0 Å². The summed E-state index contributed by atoms with van der Waals surface area (Å²) in [6, 6.07) is 10.7. The molecule has 22 heavy (non-hydrogen) atoms. The largest absolute Gasteiger partial charge is 0.495 e. The molecule has 0 unspecified atom stereocenters. The van der Waals surface area contributed by atoms with Gasteiger partial charge in [-0.2, -0.15) is 0 Å². The van der Waals surface area contributed by atoms with Gasteiger partial charge in [0, 0.05) is 18.0 Å². The molecule has 1 aromatic carbocycles. The van der Waals surface area contributed by atoms with Gasteiger partial charge in [0.25, 0.3) is 0 Å². The second-order valence-electron chi connectivity index (χ2n) is 3.68. The van der Waals surface area contributed by atoms with E-state index < -0.39 is 0 Å². The lowest BCUT2D eigenvalue weighted by molar-refractivity contribution is 0.369. The second-order valence-corrected chi connectivity index (χ2v) is 3.68. The number of pyridine rings is 1. The Bertz CT molecular complexity index is 551. The molecule has 0 bridgehead atoms. The van der Waals surface area contributed by atoms with Gasteiger partial charge in [0.1, 0.15) is 23.0 Å². The summed E-state index contributed by atoms with van der Waals surface area (Å²) >= 11 is 0. The van der Waals surface area contributed by atoms with Crippen LogP contribution >= 0.6 is 0 Å². The number of benzene rings is 1. The molecule has 0 saturated heterocycles. The Balaban J connectivity index is 0.00000102. The fourth-order valence-corrected chi connectivity index (χ4v) is 1.40. The van der Waals surface area contributed by atoms with Crippen molar-refractivity contribution in [3.8, 4) is 11.5 Å².